The van der Waals surface area contributed by atoms with Gasteiger partial charge in [0, 0.05) is 25.1 Å². The molecule has 0 radical (unpaired) electrons. The standard InChI is InChI=1S/C33H52N2O5/c1-6-35(7-2)20-8-19-34(5)30(37)40-25-13-16-31(3)24(21-25)10-11-28-27(31)14-17-32(4)26(15-18-33(28,32)38)23-9-12-29(36)39-22-23/h9,12,22,24-28,38H,6-8,10-11,13-21H2,1-5H3. The lowest BCUT2D eigenvalue weighted by Gasteiger charge is -2.63. The van der Waals surface area contributed by atoms with Crippen molar-refractivity contribution < 1.29 is 19.1 Å². The minimum absolute atomic E-state index is 0.00658. The molecule has 40 heavy (non-hydrogen) atoms. The van der Waals surface area contributed by atoms with E-state index < -0.39 is 5.60 Å². The van der Waals surface area contributed by atoms with Crippen molar-refractivity contribution in [2.75, 3.05) is 33.2 Å². The molecular formula is C33H52N2O5. The molecule has 1 aromatic rings. The minimum Gasteiger partial charge on any atom is -0.446 e. The molecular weight excluding hydrogens is 504 g/mol. The van der Waals surface area contributed by atoms with Gasteiger partial charge in [0.2, 0.25) is 0 Å². The van der Waals surface area contributed by atoms with Crippen molar-refractivity contribution in [2.45, 2.75) is 110 Å². The number of aliphatic hydroxyl groups is 1. The Hall–Kier alpha value is -1.86. The van der Waals surface area contributed by atoms with E-state index in [0.29, 0.717) is 17.8 Å². The van der Waals surface area contributed by atoms with Gasteiger partial charge in [-0.3, -0.25) is 0 Å². The van der Waals surface area contributed by atoms with Crippen LogP contribution in [0.3, 0.4) is 0 Å². The topological polar surface area (TPSA) is 83.2 Å². The molecule has 0 spiro atoms. The summed E-state index contributed by atoms with van der Waals surface area (Å²) in [6.07, 6.45) is 11.3. The van der Waals surface area contributed by atoms with Gasteiger partial charge in [0.05, 0.1) is 11.9 Å². The Balaban J connectivity index is 1.21. The molecule has 1 aromatic heterocycles. The number of carbonyl (C=O) groups excluding carboxylic acids is 1. The Kier molecular flexibility index (Phi) is 8.47. The average Bonchev–Trinajstić information content (AvgIpc) is 3.22. The molecule has 8 unspecified atom stereocenters. The van der Waals surface area contributed by atoms with Crippen LogP contribution in [0, 0.1) is 28.6 Å². The predicted molar refractivity (Wildman–Crippen MR) is 156 cm³/mol. The fourth-order valence-corrected chi connectivity index (χ4v) is 9.79. The van der Waals surface area contributed by atoms with Gasteiger partial charge < -0.3 is 24.1 Å². The molecule has 0 aliphatic heterocycles. The van der Waals surface area contributed by atoms with E-state index in [1.807, 2.05) is 13.1 Å². The lowest BCUT2D eigenvalue weighted by atomic mass is 9.43. The third-order valence-corrected chi connectivity index (χ3v) is 12.4. The van der Waals surface area contributed by atoms with Crippen LogP contribution >= 0.6 is 0 Å². The van der Waals surface area contributed by atoms with Crippen LogP contribution in [0.2, 0.25) is 0 Å². The number of amides is 1. The Labute approximate surface area is 240 Å². The van der Waals surface area contributed by atoms with Gasteiger partial charge in [-0.25, -0.2) is 9.59 Å². The molecule has 4 aliphatic carbocycles. The molecule has 1 amide bonds. The van der Waals surface area contributed by atoms with Crippen LogP contribution in [-0.4, -0.2) is 65.9 Å². The van der Waals surface area contributed by atoms with Gasteiger partial charge in [-0.1, -0.05) is 27.7 Å². The van der Waals surface area contributed by atoms with Crippen LogP contribution in [-0.2, 0) is 4.74 Å². The highest BCUT2D eigenvalue weighted by Crippen LogP contribution is 2.70. The third-order valence-electron chi connectivity index (χ3n) is 12.4. The van der Waals surface area contributed by atoms with Crippen LogP contribution in [0.5, 0.6) is 0 Å². The van der Waals surface area contributed by atoms with Gasteiger partial charge in [0.15, 0.2) is 0 Å². The zero-order chi connectivity index (χ0) is 28.7. The molecule has 0 aromatic carbocycles. The van der Waals surface area contributed by atoms with Crippen molar-refractivity contribution in [2.24, 2.45) is 28.6 Å². The van der Waals surface area contributed by atoms with Crippen LogP contribution in [0.1, 0.15) is 103 Å². The van der Waals surface area contributed by atoms with Crippen LogP contribution in [0.25, 0.3) is 0 Å². The molecule has 8 atom stereocenters. The highest BCUT2D eigenvalue weighted by atomic mass is 16.6. The molecule has 7 heteroatoms. The number of rotatable bonds is 8. The van der Waals surface area contributed by atoms with Gasteiger partial charge in [-0.15, -0.1) is 0 Å². The SMILES string of the molecule is CCN(CC)CCCN(C)C(=O)OC1CCC2(C)C(CCC3C2CCC2(C)C(c4ccc(=O)oc4)CCC32O)C1. The monoisotopic (exact) mass is 556 g/mol. The first-order valence-corrected chi connectivity index (χ1v) is 16.0. The second-order valence-corrected chi connectivity index (χ2v) is 13.9. The van der Waals surface area contributed by atoms with E-state index in [1.165, 1.54) is 6.07 Å². The normalized spacial score (nSPS) is 38.8. The molecule has 4 aliphatic rings. The molecule has 4 saturated carbocycles. The Morgan fingerprint density at radius 1 is 1.02 bits per heavy atom. The van der Waals surface area contributed by atoms with Gasteiger partial charge >= 0.3 is 11.7 Å². The molecule has 5 rings (SSSR count). The molecule has 1 N–H and O–H groups in total. The van der Waals surface area contributed by atoms with E-state index >= 15 is 0 Å². The summed E-state index contributed by atoms with van der Waals surface area (Å²) >= 11 is 0. The summed E-state index contributed by atoms with van der Waals surface area (Å²) in [7, 11) is 1.86. The largest absolute Gasteiger partial charge is 0.446 e. The van der Waals surface area contributed by atoms with E-state index in [1.54, 1.807) is 11.2 Å². The summed E-state index contributed by atoms with van der Waals surface area (Å²) in [6.45, 7) is 12.9. The van der Waals surface area contributed by atoms with Crippen molar-refractivity contribution >= 4 is 6.09 Å². The molecule has 4 fully saturated rings. The first-order chi connectivity index (χ1) is 19.1. The summed E-state index contributed by atoms with van der Waals surface area (Å²) in [5.41, 5.74) is 0.00910. The summed E-state index contributed by atoms with van der Waals surface area (Å²) in [5, 5.41) is 12.5. The Morgan fingerprint density at radius 2 is 1.80 bits per heavy atom. The predicted octanol–water partition coefficient (Wildman–Crippen LogP) is 6.05. The number of hydrogen-bond acceptors (Lipinski definition) is 6. The lowest BCUT2D eigenvalue weighted by molar-refractivity contribution is -0.205. The quantitative estimate of drug-likeness (QED) is 0.420. The van der Waals surface area contributed by atoms with Crippen LogP contribution < -0.4 is 5.63 Å². The fourth-order valence-electron chi connectivity index (χ4n) is 9.79. The van der Waals surface area contributed by atoms with Crippen molar-refractivity contribution in [3.05, 3.63) is 34.4 Å². The van der Waals surface area contributed by atoms with Crippen LogP contribution in [0.15, 0.2) is 27.6 Å². The van der Waals surface area contributed by atoms with E-state index in [2.05, 4.69) is 32.6 Å². The molecule has 1 heterocycles. The lowest BCUT2D eigenvalue weighted by Crippen LogP contribution is -2.62. The third kappa shape index (κ3) is 5.04. The van der Waals surface area contributed by atoms with Gasteiger partial charge in [-0.05, 0) is 125 Å². The first-order valence-electron chi connectivity index (χ1n) is 16.0. The Bertz CT molecular complexity index is 1080. The summed E-state index contributed by atoms with van der Waals surface area (Å²) in [6, 6.07) is 3.42. The van der Waals surface area contributed by atoms with Crippen LogP contribution in [0.4, 0.5) is 4.79 Å². The molecule has 0 bridgehead atoms. The minimum atomic E-state index is -0.693. The Morgan fingerprint density at radius 3 is 2.50 bits per heavy atom. The molecule has 224 valence electrons. The number of fused-ring (bicyclic) bond motifs is 5. The first kappa shape index (κ1) is 29.6. The summed E-state index contributed by atoms with van der Waals surface area (Å²) < 4.78 is 11.3. The van der Waals surface area contributed by atoms with Gasteiger partial charge in [-0.2, -0.15) is 0 Å². The number of carbonyl (C=O) groups is 1. The second-order valence-electron chi connectivity index (χ2n) is 13.9. The van der Waals surface area contributed by atoms with Crippen molar-refractivity contribution in [3.63, 3.8) is 0 Å². The summed E-state index contributed by atoms with van der Waals surface area (Å²) in [4.78, 5) is 28.6. The number of hydrogen-bond donors (Lipinski definition) is 1. The maximum absolute atomic E-state index is 12.9. The smallest absolute Gasteiger partial charge is 0.409 e. The maximum Gasteiger partial charge on any atom is 0.409 e. The summed E-state index contributed by atoms with van der Waals surface area (Å²) in [5.74, 6) is 1.54. The van der Waals surface area contributed by atoms with E-state index in [9.17, 15) is 14.7 Å². The van der Waals surface area contributed by atoms with Crippen molar-refractivity contribution in [1.82, 2.24) is 9.80 Å². The average molecular weight is 557 g/mol. The maximum atomic E-state index is 12.9. The van der Waals surface area contributed by atoms with Crippen molar-refractivity contribution in [3.8, 4) is 0 Å². The zero-order valence-corrected chi connectivity index (χ0v) is 25.5. The fraction of sp³-hybridized carbons (Fsp3) is 0.818. The highest BCUT2D eigenvalue weighted by molar-refractivity contribution is 5.67. The molecule has 0 saturated heterocycles. The second kappa shape index (κ2) is 11.4. The van der Waals surface area contributed by atoms with Crippen molar-refractivity contribution in [1.29, 1.82) is 0 Å². The number of nitrogens with zero attached hydrogens (tertiary/aromatic N) is 2. The number of ether oxygens (including phenoxy) is 1. The van der Waals surface area contributed by atoms with Gasteiger partial charge in [0.1, 0.15) is 6.10 Å². The van der Waals surface area contributed by atoms with E-state index in [0.717, 1.165) is 96.0 Å². The van der Waals surface area contributed by atoms with E-state index in [4.69, 9.17) is 9.15 Å². The van der Waals surface area contributed by atoms with E-state index in [-0.39, 0.29) is 34.6 Å². The van der Waals surface area contributed by atoms with Gasteiger partial charge in [0.25, 0.3) is 0 Å². The highest BCUT2D eigenvalue weighted by Gasteiger charge is 2.67. The molecule has 7 nitrogen and oxygen atoms in total. The zero-order valence-electron chi connectivity index (χ0n) is 25.5.